The highest BCUT2D eigenvalue weighted by molar-refractivity contribution is 7.89. The lowest BCUT2D eigenvalue weighted by Crippen LogP contribution is -2.53. The fourth-order valence-electron chi connectivity index (χ4n) is 3.32. The van der Waals surface area contributed by atoms with Crippen molar-refractivity contribution in [3.8, 4) is 0 Å². The molecule has 1 aliphatic rings. The molecule has 0 saturated carbocycles. The molecular weight excluding hydrogens is 405 g/mol. The second kappa shape index (κ2) is 10.4. The van der Waals surface area contributed by atoms with E-state index in [9.17, 15) is 12.8 Å². The third-order valence-electron chi connectivity index (χ3n) is 4.98. The Labute approximate surface area is 177 Å². The third-order valence-corrected chi connectivity index (χ3v) is 6.30. The number of halogens is 1. The van der Waals surface area contributed by atoms with Gasteiger partial charge in [0.2, 0.25) is 10.0 Å². The van der Waals surface area contributed by atoms with E-state index in [-0.39, 0.29) is 24.7 Å². The second-order valence-electron chi connectivity index (χ2n) is 7.05. The van der Waals surface area contributed by atoms with Gasteiger partial charge in [-0.05, 0) is 29.8 Å². The van der Waals surface area contributed by atoms with Crippen LogP contribution >= 0.6 is 0 Å². The summed E-state index contributed by atoms with van der Waals surface area (Å²) >= 11 is 0. The van der Waals surface area contributed by atoms with E-state index in [1.807, 2.05) is 30.3 Å². The molecular formula is C21H28FN5O2S. The van der Waals surface area contributed by atoms with Crippen molar-refractivity contribution in [1.29, 1.82) is 0 Å². The largest absolute Gasteiger partial charge is 0.368 e. The van der Waals surface area contributed by atoms with Gasteiger partial charge in [0.05, 0.1) is 5.75 Å². The molecule has 0 aliphatic carbocycles. The highest BCUT2D eigenvalue weighted by Gasteiger charge is 2.20. The van der Waals surface area contributed by atoms with Crippen LogP contribution in [0, 0.1) is 5.82 Å². The van der Waals surface area contributed by atoms with Gasteiger partial charge in [0.15, 0.2) is 5.96 Å². The quantitative estimate of drug-likeness (QED) is 0.513. The van der Waals surface area contributed by atoms with Gasteiger partial charge in [0.1, 0.15) is 5.82 Å². The highest BCUT2D eigenvalue weighted by atomic mass is 32.2. The van der Waals surface area contributed by atoms with Crippen molar-refractivity contribution >= 4 is 21.7 Å². The molecule has 2 aromatic rings. The van der Waals surface area contributed by atoms with Gasteiger partial charge in [-0.25, -0.2) is 17.5 Å². The smallest absolute Gasteiger partial charge is 0.213 e. The van der Waals surface area contributed by atoms with E-state index >= 15 is 0 Å². The van der Waals surface area contributed by atoms with Crippen molar-refractivity contribution in [2.24, 2.45) is 4.99 Å². The van der Waals surface area contributed by atoms with E-state index in [2.05, 4.69) is 24.8 Å². The second-order valence-corrected chi connectivity index (χ2v) is 8.98. The SMILES string of the molecule is CN=C(NCCS(=O)(=O)NCc1ccccc1)N1CCN(c2ccc(F)cc2)CC1. The van der Waals surface area contributed by atoms with Crippen LogP contribution in [0.5, 0.6) is 0 Å². The fraction of sp³-hybridized carbons (Fsp3) is 0.381. The molecule has 0 aromatic heterocycles. The summed E-state index contributed by atoms with van der Waals surface area (Å²) in [5.74, 6) is 0.413. The van der Waals surface area contributed by atoms with Crippen LogP contribution < -0.4 is 14.9 Å². The lowest BCUT2D eigenvalue weighted by molar-refractivity contribution is 0.373. The van der Waals surface area contributed by atoms with Gasteiger partial charge in [-0.3, -0.25) is 4.99 Å². The summed E-state index contributed by atoms with van der Waals surface area (Å²) in [6, 6.07) is 15.9. The number of benzene rings is 2. The first-order valence-electron chi connectivity index (χ1n) is 9.94. The molecule has 0 unspecified atom stereocenters. The summed E-state index contributed by atoms with van der Waals surface area (Å²) in [5, 5.41) is 3.14. The molecule has 1 saturated heterocycles. The van der Waals surface area contributed by atoms with E-state index in [1.54, 1.807) is 19.2 Å². The predicted octanol–water partition coefficient (Wildman–Crippen LogP) is 1.64. The number of hydrogen-bond acceptors (Lipinski definition) is 4. The molecule has 2 aromatic carbocycles. The Hall–Kier alpha value is -2.65. The third kappa shape index (κ3) is 6.43. The first-order valence-corrected chi connectivity index (χ1v) is 11.6. The Balaban J connectivity index is 1.43. The minimum Gasteiger partial charge on any atom is -0.368 e. The Morgan fingerprint density at radius 3 is 2.33 bits per heavy atom. The van der Waals surface area contributed by atoms with Crippen LogP contribution in [0.2, 0.25) is 0 Å². The average Bonchev–Trinajstić information content (AvgIpc) is 2.77. The van der Waals surface area contributed by atoms with E-state index in [0.29, 0.717) is 5.96 Å². The monoisotopic (exact) mass is 433 g/mol. The minimum absolute atomic E-state index is 0.0333. The standard InChI is InChI=1S/C21H28FN5O2S/c1-23-21(24-11-16-30(28,29)25-17-18-5-3-2-4-6-18)27-14-12-26(13-15-27)20-9-7-19(22)8-10-20/h2-10,25H,11-17H2,1H3,(H,23,24). The van der Waals surface area contributed by atoms with Crippen LogP contribution in [0.4, 0.5) is 10.1 Å². The fourth-order valence-corrected chi connectivity index (χ4v) is 4.22. The van der Waals surface area contributed by atoms with E-state index in [4.69, 9.17) is 0 Å². The molecule has 0 spiro atoms. The summed E-state index contributed by atoms with van der Waals surface area (Å²) in [6.07, 6.45) is 0. The number of nitrogens with one attached hydrogen (secondary N) is 2. The minimum atomic E-state index is -3.39. The van der Waals surface area contributed by atoms with Crippen molar-refractivity contribution in [3.63, 3.8) is 0 Å². The van der Waals surface area contributed by atoms with Crippen molar-refractivity contribution in [3.05, 3.63) is 66.0 Å². The first-order chi connectivity index (χ1) is 14.5. The molecule has 0 bridgehead atoms. The maximum Gasteiger partial charge on any atom is 0.213 e. The van der Waals surface area contributed by atoms with Crippen molar-refractivity contribution < 1.29 is 12.8 Å². The van der Waals surface area contributed by atoms with Crippen LogP contribution in [0.3, 0.4) is 0 Å². The van der Waals surface area contributed by atoms with Gasteiger partial charge in [-0.15, -0.1) is 0 Å². The molecule has 0 amide bonds. The molecule has 7 nitrogen and oxygen atoms in total. The lowest BCUT2D eigenvalue weighted by Gasteiger charge is -2.37. The van der Waals surface area contributed by atoms with Crippen LogP contribution in [-0.4, -0.2) is 64.8 Å². The Morgan fingerprint density at radius 2 is 1.70 bits per heavy atom. The number of piperazine rings is 1. The normalized spacial score (nSPS) is 15.3. The molecule has 3 rings (SSSR count). The zero-order chi connectivity index (χ0) is 21.4. The van der Waals surface area contributed by atoms with Gasteiger partial charge in [0, 0.05) is 52.0 Å². The van der Waals surface area contributed by atoms with Crippen LogP contribution in [0.15, 0.2) is 59.6 Å². The van der Waals surface area contributed by atoms with E-state index in [0.717, 1.165) is 37.4 Å². The average molecular weight is 434 g/mol. The summed E-state index contributed by atoms with van der Waals surface area (Å²) in [6.45, 7) is 3.61. The molecule has 162 valence electrons. The maximum absolute atomic E-state index is 13.1. The molecule has 9 heteroatoms. The lowest BCUT2D eigenvalue weighted by atomic mass is 10.2. The summed E-state index contributed by atoms with van der Waals surface area (Å²) in [4.78, 5) is 8.58. The molecule has 0 radical (unpaired) electrons. The van der Waals surface area contributed by atoms with Crippen LogP contribution in [0.1, 0.15) is 5.56 Å². The Morgan fingerprint density at radius 1 is 1.03 bits per heavy atom. The number of aliphatic imine (C=N–C) groups is 1. The van der Waals surface area contributed by atoms with Gasteiger partial charge in [0.25, 0.3) is 0 Å². The molecule has 1 fully saturated rings. The predicted molar refractivity (Wildman–Crippen MR) is 119 cm³/mol. The topological polar surface area (TPSA) is 77.0 Å². The highest BCUT2D eigenvalue weighted by Crippen LogP contribution is 2.16. The van der Waals surface area contributed by atoms with Gasteiger partial charge in [-0.1, -0.05) is 30.3 Å². The summed E-state index contributed by atoms with van der Waals surface area (Å²) in [7, 11) is -1.70. The van der Waals surface area contributed by atoms with Crippen LogP contribution in [-0.2, 0) is 16.6 Å². The van der Waals surface area contributed by atoms with Crippen molar-refractivity contribution in [2.45, 2.75) is 6.54 Å². The number of hydrogen-bond donors (Lipinski definition) is 2. The molecule has 0 atom stereocenters. The Bertz CT molecular complexity index is 928. The number of nitrogens with zero attached hydrogens (tertiary/aromatic N) is 3. The summed E-state index contributed by atoms with van der Waals surface area (Å²) in [5.41, 5.74) is 1.92. The zero-order valence-corrected chi connectivity index (χ0v) is 17.9. The summed E-state index contributed by atoms with van der Waals surface area (Å²) < 4.78 is 40.2. The molecule has 2 N–H and O–H groups in total. The van der Waals surface area contributed by atoms with Gasteiger partial charge in [-0.2, -0.15) is 0 Å². The Kier molecular flexibility index (Phi) is 7.64. The zero-order valence-electron chi connectivity index (χ0n) is 17.1. The number of rotatable bonds is 7. The van der Waals surface area contributed by atoms with E-state index in [1.165, 1.54) is 12.1 Å². The molecule has 1 heterocycles. The number of sulfonamides is 1. The van der Waals surface area contributed by atoms with Crippen molar-refractivity contribution in [1.82, 2.24) is 14.9 Å². The number of anilines is 1. The number of guanidine groups is 1. The van der Waals surface area contributed by atoms with E-state index < -0.39 is 10.0 Å². The van der Waals surface area contributed by atoms with Gasteiger partial charge >= 0.3 is 0 Å². The maximum atomic E-state index is 13.1. The van der Waals surface area contributed by atoms with Crippen LogP contribution in [0.25, 0.3) is 0 Å². The van der Waals surface area contributed by atoms with Crippen molar-refractivity contribution in [2.75, 3.05) is 50.4 Å². The van der Waals surface area contributed by atoms with Gasteiger partial charge < -0.3 is 15.1 Å². The molecule has 30 heavy (non-hydrogen) atoms. The first kappa shape index (κ1) is 22.0. The molecule has 1 aliphatic heterocycles.